The smallest absolute Gasteiger partial charge is 0.248 e. The number of sulfonamides is 1. The lowest BCUT2D eigenvalue weighted by Crippen LogP contribution is -2.31. The van der Waals surface area contributed by atoms with Crippen LogP contribution in [0.1, 0.15) is 0 Å². The van der Waals surface area contributed by atoms with E-state index in [1.165, 1.54) is 26.4 Å². The Kier molecular flexibility index (Phi) is 4.28. The number of anilines is 1. The first-order valence-electron chi connectivity index (χ1n) is 6.01. The van der Waals surface area contributed by atoms with Crippen molar-refractivity contribution in [3.05, 3.63) is 24.0 Å². The molecule has 0 saturated carbocycles. The molecule has 1 aromatic rings. The van der Waals surface area contributed by atoms with Crippen LogP contribution in [0.15, 0.2) is 23.1 Å². The predicted octanol–water partition coefficient (Wildman–Crippen LogP) is 0.442. The van der Waals surface area contributed by atoms with E-state index in [9.17, 15) is 12.8 Å². The first-order chi connectivity index (χ1) is 9.41. The molecule has 0 aliphatic carbocycles. The Morgan fingerprint density at radius 2 is 1.80 bits per heavy atom. The van der Waals surface area contributed by atoms with Gasteiger partial charge in [-0.25, -0.2) is 12.8 Å². The van der Waals surface area contributed by atoms with E-state index in [-0.39, 0.29) is 31.0 Å². The van der Waals surface area contributed by atoms with E-state index in [2.05, 4.69) is 0 Å². The molecule has 1 aliphatic rings. The zero-order valence-corrected chi connectivity index (χ0v) is 12.1. The Hall–Kier alpha value is -1.22. The number of nitrogens with two attached hydrogens (primary N) is 1. The Balaban J connectivity index is 2.37. The summed E-state index contributed by atoms with van der Waals surface area (Å²) < 4.78 is 50.3. The first kappa shape index (κ1) is 15.2. The molecule has 2 N–H and O–H groups in total. The van der Waals surface area contributed by atoms with E-state index in [0.717, 1.165) is 10.4 Å². The van der Waals surface area contributed by atoms with Gasteiger partial charge in [0, 0.05) is 27.3 Å². The molecule has 0 bridgehead atoms. The lowest BCUT2D eigenvalue weighted by atomic mass is 10.3. The molecule has 0 amide bonds. The van der Waals surface area contributed by atoms with Gasteiger partial charge in [0.2, 0.25) is 10.0 Å². The van der Waals surface area contributed by atoms with Crippen LogP contribution in [0.2, 0.25) is 0 Å². The van der Waals surface area contributed by atoms with E-state index < -0.39 is 20.7 Å². The second kappa shape index (κ2) is 5.65. The van der Waals surface area contributed by atoms with E-state index in [4.69, 9.17) is 15.2 Å². The van der Waals surface area contributed by atoms with Gasteiger partial charge in [-0.05, 0) is 12.1 Å². The highest BCUT2D eigenvalue weighted by Gasteiger charge is 2.41. The number of benzene rings is 1. The van der Waals surface area contributed by atoms with Crippen LogP contribution >= 0.6 is 0 Å². The van der Waals surface area contributed by atoms with Crippen molar-refractivity contribution in [2.45, 2.75) is 17.1 Å². The molecule has 1 saturated heterocycles. The minimum Gasteiger partial charge on any atom is -0.398 e. The summed E-state index contributed by atoms with van der Waals surface area (Å²) in [6.45, 7) is 0.205. The molecule has 112 valence electrons. The first-order valence-corrected chi connectivity index (χ1v) is 7.45. The second-order valence-electron chi connectivity index (χ2n) is 4.53. The van der Waals surface area contributed by atoms with Crippen LogP contribution in [-0.2, 0) is 19.5 Å². The number of methoxy groups -OCH3 is 2. The molecular weight excluding hydrogens is 287 g/mol. The SMILES string of the molecule is COC1CN(S(=O)(=O)c2c(N)cccc2F)CC1OC. The number of ether oxygens (including phenoxy) is 2. The highest BCUT2D eigenvalue weighted by molar-refractivity contribution is 7.89. The summed E-state index contributed by atoms with van der Waals surface area (Å²) in [6.07, 6.45) is -0.773. The molecule has 0 aromatic heterocycles. The average molecular weight is 304 g/mol. The van der Waals surface area contributed by atoms with Crippen molar-refractivity contribution in [2.24, 2.45) is 0 Å². The molecule has 0 spiro atoms. The molecule has 0 radical (unpaired) electrons. The highest BCUT2D eigenvalue weighted by Crippen LogP contribution is 2.29. The molecule has 2 rings (SSSR count). The normalized spacial score (nSPS) is 24.1. The van der Waals surface area contributed by atoms with Gasteiger partial charge in [0.15, 0.2) is 0 Å². The number of nitrogens with zero attached hydrogens (tertiary/aromatic N) is 1. The number of halogens is 1. The molecule has 6 nitrogen and oxygen atoms in total. The van der Waals surface area contributed by atoms with Crippen molar-refractivity contribution < 1.29 is 22.3 Å². The van der Waals surface area contributed by atoms with Crippen LogP contribution < -0.4 is 5.73 Å². The Morgan fingerprint density at radius 1 is 1.25 bits per heavy atom. The van der Waals surface area contributed by atoms with Crippen molar-refractivity contribution in [1.29, 1.82) is 0 Å². The third-order valence-electron chi connectivity index (χ3n) is 3.38. The summed E-state index contributed by atoms with van der Waals surface area (Å²) in [5.41, 5.74) is 5.49. The molecule has 2 atom stereocenters. The maximum absolute atomic E-state index is 13.8. The van der Waals surface area contributed by atoms with Crippen molar-refractivity contribution in [3.63, 3.8) is 0 Å². The van der Waals surface area contributed by atoms with Gasteiger partial charge in [-0.1, -0.05) is 6.07 Å². The molecule has 1 fully saturated rings. The van der Waals surface area contributed by atoms with E-state index >= 15 is 0 Å². The van der Waals surface area contributed by atoms with Gasteiger partial charge in [0.05, 0.1) is 17.9 Å². The fourth-order valence-electron chi connectivity index (χ4n) is 2.29. The molecule has 1 aromatic carbocycles. The van der Waals surface area contributed by atoms with Crippen molar-refractivity contribution in [1.82, 2.24) is 4.31 Å². The quantitative estimate of drug-likeness (QED) is 0.816. The number of rotatable bonds is 4. The predicted molar refractivity (Wildman–Crippen MR) is 71.2 cm³/mol. The van der Waals surface area contributed by atoms with Crippen LogP contribution in [0.5, 0.6) is 0 Å². The monoisotopic (exact) mass is 304 g/mol. The van der Waals surface area contributed by atoms with E-state index in [1.807, 2.05) is 0 Å². The van der Waals surface area contributed by atoms with Crippen molar-refractivity contribution >= 4 is 15.7 Å². The van der Waals surface area contributed by atoms with Crippen LogP contribution in [-0.4, -0.2) is 52.2 Å². The Bertz CT molecular complexity index is 561. The molecular formula is C12H17FN2O4S. The molecule has 1 aliphatic heterocycles. The third kappa shape index (κ3) is 2.51. The Morgan fingerprint density at radius 3 is 2.25 bits per heavy atom. The number of nitrogen functional groups attached to an aromatic ring is 1. The van der Waals surface area contributed by atoms with E-state index in [1.54, 1.807) is 0 Å². The summed E-state index contributed by atoms with van der Waals surface area (Å²) in [4.78, 5) is -0.494. The summed E-state index contributed by atoms with van der Waals surface area (Å²) in [6, 6.07) is 3.79. The lowest BCUT2D eigenvalue weighted by Gasteiger charge is -2.17. The molecule has 2 unspecified atom stereocenters. The van der Waals surface area contributed by atoms with Gasteiger partial charge in [-0.3, -0.25) is 0 Å². The molecule has 1 heterocycles. The molecule has 8 heteroatoms. The minimum absolute atomic E-state index is 0.102. The maximum atomic E-state index is 13.8. The third-order valence-corrected chi connectivity index (χ3v) is 5.31. The lowest BCUT2D eigenvalue weighted by molar-refractivity contribution is -0.00461. The van der Waals surface area contributed by atoms with Gasteiger partial charge >= 0.3 is 0 Å². The zero-order chi connectivity index (χ0) is 14.9. The van der Waals surface area contributed by atoms with Crippen molar-refractivity contribution in [3.8, 4) is 0 Å². The maximum Gasteiger partial charge on any atom is 0.248 e. The largest absolute Gasteiger partial charge is 0.398 e. The highest BCUT2D eigenvalue weighted by atomic mass is 32.2. The standard InChI is InChI=1S/C12H17FN2O4S/c1-18-10-6-15(7-11(10)19-2)20(16,17)12-8(13)4-3-5-9(12)14/h3-5,10-11H,6-7,14H2,1-2H3. The van der Waals surface area contributed by atoms with Gasteiger partial charge in [0.25, 0.3) is 0 Å². The van der Waals surface area contributed by atoms with E-state index in [0.29, 0.717) is 0 Å². The van der Waals surface area contributed by atoms with Gasteiger partial charge in [-0.2, -0.15) is 4.31 Å². The van der Waals surface area contributed by atoms with Gasteiger partial charge in [0.1, 0.15) is 10.7 Å². The topological polar surface area (TPSA) is 81.9 Å². The van der Waals surface area contributed by atoms with Gasteiger partial charge < -0.3 is 15.2 Å². The zero-order valence-electron chi connectivity index (χ0n) is 11.2. The van der Waals surface area contributed by atoms with Crippen LogP contribution in [0.3, 0.4) is 0 Å². The summed E-state index contributed by atoms with van der Waals surface area (Å²) in [7, 11) is -1.06. The fourth-order valence-corrected chi connectivity index (χ4v) is 3.91. The van der Waals surface area contributed by atoms with Crippen LogP contribution in [0.25, 0.3) is 0 Å². The van der Waals surface area contributed by atoms with Crippen molar-refractivity contribution in [2.75, 3.05) is 33.0 Å². The number of hydrogen-bond acceptors (Lipinski definition) is 5. The van der Waals surface area contributed by atoms with Gasteiger partial charge in [-0.15, -0.1) is 0 Å². The number of hydrogen-bond donors (Lipinski definition) is 1. The summed E-state index contributed by atoms with van der Waals surface area (Å²) in [5.74, 6) is -0.861. The summed E-state index contributed by atoms with van der Waals surface area (Å²) in [5, 5.41) is 0. The minimum atomic E-state index is -4.01. The Labute approximate surface area is 117 Å². The fraction of sp³-hybridized carbons (Fsp3) is 0.500. The summed E-state index contributed by atoms with van der Waals surface area (Å²) >= 11 is 0. The average Bonchev–Trinajstić information content (AvgIpc) is 2.82. The second-order valence-corrected chi connectivity index (χ2v) is 6.40. The molecule has 20 heavy (non-hydrogen) atoms. The van der Waals surface area contributed by atoms with Crippen LogP contribution in [0.4, 0.5) is 10.1 Å². The van der Waals surface area contributed by atoms with Crippen LogP contribution in [0, 0.1) is 5.82 Å².